The molecule has 144 valence electrons. The summed E-state index contributed by atoms with van der Waals surface area (Å²) in [6.45, 7) is 1.81. The van der Waals surface area contributed by atoms with Gasteiger partial charge in [0, 0.05) is 17.8 Å². The molecule has 0 spiro atoms. The minimum Gasteiger partial charge on any atom is -0.350 e. The number of nitrogens with one attached hydrogen (secondary N) is 2. The lowest BCUT2D eigenvalue weighted by Crippen LogP contribution is -2.13. The lowest BCUT2D eigenvalue weighted by molar-refractivity contribution is 0.101. The van der Waals surface area contributed by atoms with Crippen molar-refractivity contribution in [2.75, 3.05) is 10.6 Å². The number of carbonyl (C=O) groups is 1. The van der Waals surface area contributed by atoms with Crippen LogP contribution in [0.3, 0.4) is 0 Å². The van der Waals surface area contributed by atoms with E-state index in [2.05, 4.69) is 25.6 Å². The Morgan fingerprint density at radius 2 is 1.79 bits per heavy atom. The van der Waals surface area contributed by atoms with Gasteiger partial charge in [-0.15, -0.1) is 0 Å². The summed E-state index contributed by atoms with van der Waals surface area (Å²) in [7, 11) is -3.76. The normalized spacial score (nSPS) is 11.1. The first kappa shape index (κ1) is 19.4. The summed E-state index contributed by atoms with van der Waals surface area (Å²) in [4.78, 5) is 23.7. The van der Waals surface area contributed by atoms with Crippen LogP contribution in [-0.2, 0) is 16.6 Å². The average Bonchev–Trinajstić information content (AvgIpc) is 2.67. The second kappa shape index (κ2) is 8.11. The van der Waals surface area contributed by atoms with Crippen molar-refractivity contribution < 1.29 is 13.2 Å². The maximum Gasteiger partial charge on any atom is 0.238 e. The molecular formula is C18H18N6O3S. The molecule has 0 saturated heterocycles. The Morgan fingerprint density at radius 3 is 2.46 bits per heavy atom. The van der Waals surface area contributed by atoms with Crippen LogP contribution in [0.15, 0.2) is 59.8 Å². The van der Waals surface area contributed by atoms with Gasteiger partial charge in [-0.25, -0.2) is 23.5 Å². The van der Waals surface area contributed by atoms with E-state index >= 15 is 0 Å². The summed E-state index contributed by atoms with van der Waals surface area (Å²) < 4.78 is 22.9. The Labute approximate surface area is 162 Å². The third kappa shape index (κ3) is 5.09. The highest BCUT2D eigenvalue weighted by Gasteiger charge is 2.08. The van der Waals surface area contributed by atoms with Gasteiger partial charge in [-0.2, -0.15) is 4.98 Å². The van der Waals surface area contributed by atoms with Crippen LogP contribution >= 0.6 is 0 Å². The molecule has 1 heterocycles. The molecule has 1 aromatic heterocycles. The van der Waals surface area contributed by atoms with Gasteiger partial charge in [0.15, 0.2) is 5.78 Å². The number of ketones is 1. The van der Waals surface area contributed by atoms with Crippen LogP contribution in [0, 0.1) is 0 Å². The molecule has 9 nitrogen and oxygen atoms in total. The number of anilines is 3. The van der Waals surface area contributed by atoms with E-state index in [4.69, 9.17) is 5.14 Å². The number of benzene rings is 2. The first-order valence-electron chi connectivity index (χ1n) is 8.24. The van der Waals surface area contributed by atoms with Crippen molar-refractivity contribution >= 4 is 33.4 Å². The molecule has 0 amide bonds. The van der Waals surface area contributed by atoms with E-state index in [1.54, 1.807) is 36.4 Å². The van der Waals surface area contributed by atoms with Crippen molar-refractivity contribution in [2.45, 2.75) is 18.4 Å². The molecule has 0 aliphatic rings. The van der Waals surface area contributed by atoms with Crippen molar-refractivity contribution in [3.8, 4) is 0 Å². The predicted molar refractivity (Wildman–Crippen MR) is 105 cm³/mol. The molecule has 0 aliphatic carbocycles. The molecular weight excluding hydrogens is 380 g/mol. The van der Waals surface area contributed by atoms with Gasteiger partial charge in [0.1, 0.15) is 6.33 Å². The van der Waals surface area contributed by atoms with Gasteiger partial charge >= 0.3 is 0 Å². The number of hydrogen-bond acceptors (Lipinski definition) is 8. The van der Waals surface area contributed by atoms with Crippen LogP contribution in [0.5, 0.6) is 0 Å². The molecule has 3 aromatic rings. The fourth-order valence-electron chi connectivity index (χ4n) is 2.37. The molecule has 0 bridgehead atoms. The van der Waals surface area contributed by atoms with Crippen molar-refractivity contribution in [3.63, 3.8) is 0 Å². The van der Waals surface area contributed by atoms with Crippen LogP contribution in [0.4, 0.5) is 17.6 Å². The summed E-state index contributed by atoms with van der Waals surface area (Å²) in [5, 5.41) is 11.2. The standard InChI is InChI=1S/C18H18N6O3S/c1-12(25)14-5-7-15(8-6-14)23-18-22-11-21-17(24-18)20-10-13-3-2-4-16(9-13)28(19,26)27/h2-9,11H,10H2,1H3,(H2,19,26,27)(H2,20,21,22,23,24). The summed E-state index contributed by atoms with van der Waals surface area (Å²) in [6, 6.07) is 13.2. The van der Waals surface area contributed by atoms with Gasteiger partial charge in [-0.05, 0) is 48.9 Å². The summed E-state index contributed by atoms with van der Waals surface area (Å²) in [5.41, 5.74) is 2.05. The van der Waals surface area contributed by atoms with Crippen LogP contribution in [0.25, 0.3) is 0 Å². The third-order valence-electron chi connectivity index (χ3n) is 3.80. The number of Topliss-reactive ketones (excluding diaryl/α,β-unsaturated/α-hetero) is 1. The molecule has 10 heteroatoms. The van der Waals surface area contributed by atoms with E-state index in [1.165, 1.54) is 25.4 Å². The van der Waals surface area contributed by atoms with Gasteiger partial charge in [-0.1, -0.05) is 12.1 Å². The molecule has 0 aliphatic heterocycles. The lowest BCUT2D eigenvalue weighted by atomic mass is 10.1. The van der Waals surface area contributed by atoms with Gasteiger partial charge in [0.25, 0.3) is 0 Å². The highest BCUT2D eigenvalue weighted by Crippen LogP contribution is 2.15. The zero-order valence-corrected chi connectivity index (χ0v) is 15.8. The van der Waals surface area contributed by atoms with Crippen LogP contribution in [0.2, 0.25) is 0 Å². The highest BCUT2D eigenvalue weighted by atomic mass is 32.2. The average molecular weight is 398 g/mol. The molecule has 2 aromatic carbocycles. The highest BCUT2D eigenvalue weighted by molar-refractivity contribution is 7.89. The third-order valence-corrected chi connectivity index (χ3v) is 4.71. The Bertz CT molecular complexity index is 1100. The Kier molecular flexibility index (Phi) is 5.62. The number of rotatable bonds is 7. The van der Waals surface area contributed by atoms with E-state index in [9.17, 15) is 13.2 Å². The van der Waals surface area contributed by atoms with E-state index in [-0.39, 0.29) is 10.7 Å². The monoisotopic (exact) mass is 398 g/mol. The second-order valence-electron chi connectivity index (χ2n) is 5.94. The number of nitrogens with two attached hydrogens (primary N) is 1. The number of sulfonamides is 1. The van der Waals surface area contributed by atoms with Crippen molar-refractivity contribution in [1.82, 2.24) is 15.0 Å². The molecule has 0 atom stereocenters. The Hall–Kier alpha value is -3.37. The minimum atomic E-state index is -3.76. The quantitative estimate of drug-likeness (QED) is 0.514. The Morgan fingerprint density at radius 1 is 1.07 bits per heavy atom. The fourth-order valence-corrected chi connectivity index (χ4v) is 2.96. The largest absolute Gasteiger partial charge is 0.350 e. The van der Waals surface area contributed by atoms with Crippen LogP contribution in [-0.4, -0.2) is 29.2 Å². The topological polar surface area (TPSA) is 140 Å². The summed E-state index contributed by atoms with van der Waals surface area (Å²) >= 11 is 0. The zero-order chi connectivity index (χ0) is 20.1. The predicted octanol–water partition coefficient (Wildman–Crippen LogP) is 2.08. The lowest BCUT2D eigenvalue weighted by Gasteiger charge is -2.08. The minimum absolute atomic E-state index is 0.00953. The van der Waals surface area contributed by atoms with Gasteiger partial charge in [-0.3, -0.25) is 4.79 Å². The molecule has 0 radical (unpaired) electrons. The number of nitrogens with zero attached hydrogens (tertiary/aromatic N) is 3. The number of primary sulfonamides is 1. The summed E-state index contributed by atoms with van der Waals surface area (Å²) in [6.07, 6.45) is 1.35. The first-order chi connectivity index (χ1) is 13.3. The molecule has 4 N–H and O–H groups in total. The van der Waals surface area contributed by atoms with E-state index in [0.717, 1.165) is 5.69 Å². The van der Waals surface area contributed by atoms with E-state index in [0.29, 0.717) is 29.6 Å². The smallest absolute Gasteiger partial charge is 0.238 e. The molecule has 3 rings (SSSR count). The first-order valence-corrected chi connectivity index (χ1v) is 9.78. The maximum atomic E-state index is 11.4. The van der Waals surface area contributed by atoms with Gasteiger partial charge in [0.05, 0.1) is 4.90 Å². The molecule has 28 heavy (non-hydrogen) atoms. The van der Waals surface area contributed by atoms with Crippen molar-refractivity contribution in [3.05, 3.63) is 66.0 Å². The van der Waals surface area contributed by atoms with E-state index in [1.807, 2.05) is 0 Å². The maximum absolute atomic E-state index is 11.4. The molecule has 0 saturated carbocycles. The second-order valence-corrected chi connectivity index (χ2v) is 7.50. The number of carbonyl (C=O) groups excluding carboxylic acids is 1. The molecule has 0 fully saturated rings. The van der Waals surface area contributed by atoms with Gasteiger partial charge in [0.2, 0.25) is 21.9 Å². The number of aromatic nitrogens is 3. The van der Waals surface area contributed by atoms with Crippen molar-refractivity contribution in [1.29, 1.82) is 0 Å². The summed E-state index contributed by atoms with van der Waals surface area (Å²) in [5.74, 6) is 0.634. The van der Waals surface area contributed by atoms with E-state index < -0.39 is 10.0 Å². The Balaban J connectivity index is 1.67. The zero-order valence-electron chi connectivity index (χ0n) is 15.0. The SMILES string of the molecule is CC(=O)c1ccc(Nc2ncnc(NCc3cccc(S(N)(=O)=O)c3)n2)cc1. The van der Waals surface area contributed by atoms with Crippen LogP contribution in [0.1, 0.15) is 22.8 Å². The van der Waals surface area contributed by atoms with Crippen LogP contribution < -0.4 is 15.8 Å². The molecule has 0 unspecified atom stereocenters. The fraction of sp³-hybridized carbons (Fsp3) is 0.111. The van der Waals surface area contributed by atoms with Gasteiger partial charge < -0.3 is 10.6 Å². The van der Waals surface area contributed by atoms with Crippen molar-refractivity contribution in [2.24, 2.45) is 5.14 Å². The number of hydrogen-bond donors (Lipinski definition) is 3.